The zero-order chi connectivity index (χ0) is 14.4. The summed E-state index contributed by atoms with van der Waals surface area (Å²) >= 11 is 0. The first-order valence-electron chi connectivity index (χ1n) is 7.69. The highest BCUT2D eigenvalue weighted by Crippen LogP contribution is 2.23. The molecule has 1 aromatic rings. The summed E-state index contributed by atoms with van der Waals surface area (Å²) < 4.78 is 0. The summed E-state index contributed by atoms with van der Waals surface area (Å²) in [6.07, 6.45) is 4.54. The van der Waals surface area contributed by atoms with E-state index in [-0.39, 0.29) is 0 Å². The van der Waals surface area contributed by atoms with Crippen molar-refractivity contribution in [2.75, 3.05) is 13.1 Å². The van der Waals surface area contributed by atoms with Gasteiger partial charge in [-0.15, -0.1) is 0 Å². The predicted molar refractivity (Wildman–Crippen MR) is 80.7 cm³/mol. The largest absolute Gasteiger partial charge is 0.481 e. The third kappa shape index (κ3) is 4.64. The zero-order valence-electron chi connectivity index (χ0n) is 12.3. The maximum absolute atomic E-state index is 10.6. The van der Waals surface area contributed by atoms with Crippen molar-refractivity contribution in [2.45, 2.75) is 45.6 Å². The van der Waals surface area contributed by atoms with Crippen LogP contribution in [0.5, 0.6) is 0 Å². The summed E-state index contributed by atoms with van der Waals surface area (Å²) in [7, 11) is 0. The summed E-state index contributed by atoms with van der Waals surface area (Å²) in [5, 5.41) is 8.72. The Balaban J connectivity index is 1.74. The number of hydrogen-bond donors (Lipinski definition) is 1. The van der Waals surface area contributed by atoms with E-state index in [2.05, 4.69) is 36.1 Å². The van der Waals surface area contributed by atoms with Gasteiger partial charge in [-0.25, -0.2) is 0 Å². The molecular weight excluding hydrogens is 250 g/mol. The lowest BCUT2D eigenvalue weighted by atomic mass is 9.92. The summed E-state index contributed by atoms with van der Waals surface area (Å²) in [6, 6.07) is 8.90. The molecule has 1 N–H and O–H groups in total. The van der Waals surface area contributed by atoms with E-state index < -0.39 is 5.97 Å². The van der Waals surface area contributed by atoms with Crippen molar-refractivity contribution < 1.29 is 9.90 Å². The molecule has 0 radical (unpaired) electrons. The standard InChI is InChI=1S/C17H25NO2/c1-2-14-3-5-16(6-4-14)13-18-11-9-15(10-12-18)7-8-17(19)20/h3-6,15H,2,7-13H2,1H3,(H,19,20). The number of nitrogens with zero attached hydrogens (tertiary/aromatic N) is 1. The molecule has 0 amide bonds. The molecule has 3 nitrogen and oxygen atoms in total. The van der Waals surface area contributed by atoms with Crippen molar-refractivity contribution in [3.05, 3.63) is 35.4 Å². The van der Waals surface area contributed by atoms with Crippen LogP contribution in [0, 0.1) is 5.92 Å². The zero-order valence-corrected chi connectivity index (χ0v) is 12.3. The van der Waals surface area contributed by atoms with Crippen LogP contribution in [0.2, 0.25) is 0 Å². The first-order valence-corrected chi connectivity index (χ1v) is 7.69. The highest BCUT2D eigenvalue weighted by molar-refractivity contribution is 5.66. The minimum Gasteiger partial charge on any atom is -0.481 e. The average molecular weight is 275 g/mol. The number of carboxylic acids is 1. The van der Waals surface area contributed by atoms with E-state index in [0.29, 0.717) is 12.3 Å². The van der Waals surface area contributed by atoms with E-state index in [1.807, 2.05) is 0 Å². The third-order valence-electron chi connectivity index (χ3n) is 4.31. The quantitative estimate of drug-likeness (QED) is 0.865. The van der Waals surface area contributed by atoms with Crippen LogP contribution in [0.15, 0.2) is 24.3 Å². The molecule has 110 valence electrons. The molecule has 20 heavy (non-hydrogen) atoms. The minimum absolute atomic E-state index is 0.323. The molecule has 0 aliphatic carbocycles. The molecule has 1 fully saturated rings. The highest BCUT2D eigenvalue weighted by atomic mass is 16.4. The van der Waals surface area contributed by atoms with Crippen molar-refractivity contribution >= 4 is 5.97 Å². The number of aryl methyl sites for hydroxylation is 1. The molecular formula is C17H25NO2. The molecule has 3 heteroatoms. The van der Waals surface area contributed by atoms with Crippen LogP contribution in [-0.4, -0.2) is 29.1 Å². The third-order valence-corrected chi connectivity index (χ3v) is 4.31. The normalized spacial score (nSPS) is 17.2. The maximum Gasteiger partial charge on any atom is 0.303 e. The van der Waals surface area contributed by atoms with Gasteiger partial charge in [0, 0.05) is 13.0 Å². The Kier molecular flexibility index (Phi) is 5.60. The Hall–Kier alpha value is -1.35. The van der Waals surface area contributed by atoms with Crippen LogP contribution < -0.4 is 0 Å². The number of aliphatic carboxylic acids is 1. The summed E-state index contributed by atoms with van der Waals surface area (Å²) in [5.41, 5.74) is 2.77. The second-order valence-electron chi connectivity index (χ2n) is 5.82. The molecule has 1 aliphatic rings. The van der Waals surface area contributed by atoms with E-state index in [4.69, 9.17) is 5.11 Å². The van der Waals surface area contributed by atoms with Gasteiger partial charge in [0.1, 0.15) is 0 Å². The van der Waals surface area contributed by atoms with Crippen LogP contribution in [-0.2, 0) is 17.8 Å². The monoisotopic (exact) mass is 275 g/mol. The topological polar surface area (TPSA) is 40.5 Å². The number of piperidine rings is 1. The number of carbonyl (C=O) groups is 1. The fourth-order valence-electron chi connectivity index (χ4n) is 2.90. The van der Waals surface area contributed by atoms with E-state index in [9.17, 15) is 4.79 Å². The van der Waals surface area contributed by atoms with Crippen molar-refractivity contribution in [3.63, 3.8) is 0 Å². The van der Waals surface area contributed by atoms with Gasteiger partial charge in [0.15, 0.2) is 0 Å². The van der Waals surface area contributed by atoms with E-state index in [0.717, 1.165) is 45.3 Å². The lowest BCUT2D eigenvalue weighted by Gasteiger charge is -2.31. The Morgan fingerprint density at radius 1 is 1.20 bits per heavy atom. The van der Waals surface area contributed by atoms with Crippen LogP contribution in [0.1, 0.15) is 43.7 Å². The summed E-state index contributed by atoms with van der Waals surface area (Å²) in [5.74, 6) is -0.0618. The number of rotatable bonds is 6. The fourth-order valence-corrected chi connectivity index (χ4v) is 2.90. The van der Waals surface area contributed by atoms with E-state index in [1.54, 1.807) is 0 Å². The first kappa shape index (κ1) is 15.0. The second-order valence-corrected chi connectivity index (χ2v) is 5.82. The Morgan fingerprint density at radius 2 is 1.80 bits per heavy atom. The van der Waals surface area contributed by atoms with Gasteiger partial charge in [-0.05, 0) is 55.8 Å². The van der Waals surface area contributed by atoms with E-state index >= 15 is 0 Å². The highest BCUT2D eigenvalue weighted by Gasteiger charge is 2.19. The molecule has 0 bridgehead atoms. The summed E-state index contributed by atoms with van der Waals surface area (Å²) in [4.78, 5) is 13.1. The van der Waals surface area contributed by atoms with Gasteiger partial charge in [-0.3, -0.25) is 9.69 Å². The minimum atomic E-state index is -0.663. The van der Waals surface area contributed by atoms with Gasteiger partial charge in [0.25, 0.3) is 0 Å². The molecule has 1 heterocycles. The Labute approximate surface area is 121 Å². The number of likely N-dealkylation sites (tertiary alicyclic amines) is 1. The van der Waals surface area contributed by atoms with Crippen molar-refractivity contribution in [1.29, 1.82) is 0 Å². The van der Waals surface area contributed by atoms with Gasteiger partial charge in [-0.2, -0.15) is 0 Å². The van der Waals surface area contributed by atoms with Gasteiger partial charge in [0.05, 0.1) is 0 Å². The molecule has 0 aromatic heterocycles. The van der Waals surface area contributed by atoms with Gasteiger partial charge < -0.3 is 5.11 Å². The predicted octanol–water partition coefficient (Wildman–Crippen LogP) is 3.33. The van der Waals surface area contributed by atoms with Crippen LogP contribution >= 0.6 is 0 Å². The summed E-state index contributed by atoms with van der Waals surface area (Å²) in [6.45, 7) is 5.40. The van der Waals surface area contributed by atoms with Crippen LogP contribution in [0.25, 0.3) is 0 Å². The Morgan fingerprint density at radius 3 is 2.35 bits per heavy atom. The molecule has 1 aliphatic heterocycles. The van der Waals surface area contributed by atoms with Crippen molar-refractivity contribution in [3.8, 4) is 0 Å². The number of hydrogen-bond acceptors (Lipinski definition) is 2. The molecule has 1 aromatic carbocycles. The maximum atomic E-state index is 10.6. The van der Waals surface area contributed by atoms with Gasteiger partial charge >= 0.3 is 5.97 Å². The fraction of sp³-hybridized carbons (Fsp3) is 0.588. The lowest BCUT2D eigenvalue weighted by Crippen LogP contribution is -2.33. The second kappa shape index (κ2) is 7.44. The Bertz CT molecular complexity index is 419. The number of benzene rings is 1. The lowest BCUT2D eigenvalue weighted by molar-refractivity contribution is -0.137. The number of carboxylic acid groups (broad SMARTS) is 1. The van der Waals surface area contributed by atoms with E-state index in [1.165, 1.54) is 11.1 Å². The average Bonchev–Trinajstić information content (AvgIpc) is 2.47. The molecule has 0 atom stereocenters. The smallest absolute Gasteiger partial charge is 0.303 e. The molecule has 2 rings (SSSR count). The van der Waals surface area contributed by atoms with Crippen molar-refractivity contribution in [1.82, 2.24) is 4.90 Å². The molecule has 1 saturated heterocycles. The van der Waals surface area contributed by atoms with Gasteiger partial charge in [-0.1, -0.05) is 31.2 Å². The molecule has 0 spiro atoms. The first-order chi connectivity index (χ1) is 9.67. The van der Waals surface area contributed by atoms with Crippen LogP contribution in [0.4, 0.5) is 0 Å². The molecule has 0 saturated carbocycles. The molecule has 0 unspecified atom stereocenters. The SMILES string of the molecule is CCc1ccc(CN2CCC(CCC(=O)O)CC2)cc1. The van der Waals surface area contributed by atoms with Gasteiger partial charge in [0.2, 0.25) is 0 Å². The van der Waals surface area contributed by atoms with Crippen molar-refractivity contribution in [2.24, 2.45) is 5.92 Å². The van der Waals surface area contributed by atoms with Crippen LogP contribution in [0.3, 0.4) is 0 Å².